The Morgan fingerprint density at radius 3 is 2.75 bits per heavy atom. The Morgan fingerprint density at radius 1 is 1.67 bits per heavy atom. The topological polar surface area (TPSA) is 72.2 Å². The lowest BCUT2D eigenvalue weighted by Gasteiger charge is -1.93. The minimum absolute atomic E-state index is 0.0507. The first-order valence-electron chi connectivity index (χ1n) is 3.37. The molecule has 1 heterocycles. The molecule has 1 aromatic rings. The number of aromatic nitrogens is 2. The van der Waals surface area contributed by atoms with E-state index in [1.807, 2.05) is 0 Å². The quantitative estimate of drug-likeness (QED) is 0.682. The van der Waals surface area contributed by atoms with E-state index >= 15 is 0 Å². The molecule has 5 nitrogen and oxygen atoms in total. The molecule has 0 aliphatic heterocycles. The van der Waals surface area contributed by atoms with Crippen molar-refractivity contribution in [3.8, 4) is 0 Å². The Hall–Kier alpha value is -0.880. The molecular weight excluding hydrogens is 180 g/mol. The SMILES string of the molecule is CS(=O)(=O)c1cnn(CCO)c1. The second-order valence-corrected chi connectivity index (χ2v) is 4.45. The molecule has 12 heavy (non-hydrogen) atoms. The molecule has 1 N–H and O–H groups in total. The lowest BCUT2D eigenvalue weighted by molar-refractivity contribution is 0.269. The van der Waals surface area contributed by atoms with E-state index in [0.29, 0.717) is 6.54 Å². The Labute approximate surface area is 70.6 Å². The highest BCUT2D eigenvalue weighted by Crippen LogP contribution is 2.05. The maximum absolute atomic E-state index is 10.9. The van der Waals surface area contributed by atoms with Crippen molar-refractivity contribution in [2.75, 3.05) is 12.9 Å². The molecule has 68 valence electrons. The van der Waals surface area contributed by atoms with Crippen molar-refractivity contribution in [1.29, 1.82) is 0 Å². The molecule has 1 rings (SSSR count). The standard InChI is InChI=1S/C6H10N2O3S/c1-12(10,11)6-4-7-8(5-6)2-3-9/h4-5,9H,2-3H2,1H3. The first-order chi connectivity index (χ1) is 5.54. The van der Waals surface area contributed by atoms with Gasteiger partial charge in [0.2, 0.25) is 0 Å². The summed E-state index contributed by atoms with van der Waals surface area (Å²) in [5, 5.41) is 12.3. The maximum Gasteiger partial charge on any atom is 0.178 e. The number of aliphatic hydroxyl groups is 1. The van der Waals surface area contributed by atoms with Crippen LogP contribution in [0.4, 0.5) is 0 Å². The first kappa shape index (κ1) is 9.21. The van der Waals surface area contributed by atoms with E-state index < -0.39 is 9.84 Å². The van der Waals surface area contributed by atoms with Crippen LogP contribution in [0.3, 0.4) is 0 Å². The summed E-state index contributed by atoms with van der Waals surface area (Å²) in [6.07, 6.45) is 3.78. The highest BCUT2D eigenvalue weighted by Gasteiger charge is 2.08. The van der Waals surface area contributed by atoms with Crippen LogP contribution in [0.2, 0.25) is 0 Å². The van der Waals surface area contributed by atoms with Gasteiger partial charge in [0, 0.05) is 12.5 Å². The molecule has 6 heteroatoms. The molecule has 0 spiro atoms. The van der Waals surface area contributed by atoms with Crippen LogP contribution in [0, 0.1) is 0 Å². The third-order valence-corrected chi connectivity index (χ3v) is 2.43. The fourth-order valence-electron chi connectivity index (χ4n) is 0.761. The smallest absolute Gasteiger partial charge is 0.178 e. The maximum atomic E-state index is 10.9. The second kappa shape index (κ2) is 3.24. The van der Waals surface area contributed by atoms with Crippen LogP contribution in [0.15, 0.2) is 17.3 Å². The van der Waals surface area contributed by atoms with Crippen molar-refractivity contribution in [3.63, 3.8) is 0 Å². The van der Waals surface area contributed by atoms with Gasteiger partial charge in [-0.1, -0.05) is 0 Å². The third-order valence-electron chi connectivity index (χ3n) is 1.37. The van der Waals surface area contributed by atoms with Crippen LogP contribution < -0.4 is 0 Å². The summed E-state index contributed by atoms with van der Waals surface area (Å²) < 4.78 is 23.3. The van der Waals surface area contributed by atoms with Gasteiger partial charge in [0.15, 0.2) is 9.84 Å². The van der Waals surface area contributed by atoms with E-state index in [0.717, 1.165) is 6.26 Å². The number of rotatable bonds is 3. The van der Waals surface area contributed by atoms with Gasteiger partial charge < -0.3 is 5.11 Å². The van der Waals surface area contributed by atoms with E-state index in [1.54, 1.807) is 0 Å². The van der Waals surface area contributed by atoms with Gasteiger partial charge in [-0.3, -0.25) is 4.68 Å². The zero-order chi connectivity index (χ0) is 9.19. The van der Waals surface area contributed by atoms with E-state index in [2.05, 4.69) is 5.10 Å². The summed E-state index contributed by atoms with van der Waals surface area (Å²) >= 11 is 0. The minimum Gasteiger partial charge on any atom is -0.394 e. The number of hydrogen-bond donors (Lipinski definition) is 1. The number of sulfone groups is 1. The molecule has 0 aliphatic carbocycles. The van der Waals surface area contributed by atoms with Crippen LogP contribution in [0.1, 0.15) is 0 Å². The zero-order valence-corrected chi connectivity index (χ0v) is 7.45. The summed E-state index contributed by atoms with van der Waals surface area (Å²) in [4.78, 5) is 0.177. The molecule has 0 radical (unpaired) electrons. The molecular formula is C6H10N2O3S. The average Bonchev–Trinajstić information content (AvgIpc) is 2.35. The van der Waals surface area contributed by atoms with Crippen LogP contribution in [0.25, 0.3) is 0 Å². The van der Waals surface area contributed by atoms with Gasteiger partial charge in [-0.05, 0) is 0 Å². The summed E-state index contributed by atoms with van der Waals surface area (Å²) in [5.41, 5.74) is 0. The highest BCUT2D eigenvalue weighted by molar-refractivity contribution is 7.90. The molecule has 0 fully saturated rings. The van der Waals surface area contributed by atoms with Crippen molar-refractivity contribution >= 4 is 9.84 Å². The molecule has 0 unspecified atom stereocenters. The number of aliphatic hydroxyl groups excluding tert-OH is 1. The summed E-state index contributed by atoms with van der Waals surface area (Å²) in [5.74, 6) is 0. The van der Waals surface area contributed by atoms with Gasteiger partial charge in [0.05, 0.1) is 19.3 Å². The van der Waals surface area contributed by atoms with Crippen LogP contribution in [0.5, 0.6) is 0 Å². The Kier molecular flexibility index (Phi) is 2.49. The lowest BCUT2D eigenvalue weighted by Crippen LogP contribution is -2.02. The van der Waals surface area contributed by atoms with Crippen molar-refractivity contribution in [2.45, 2.75) is 11.4 Å². The van der Waals surface area contributed by atoms with E-state index in [1.165, 1.54) is 17.1 Å². The molecule has 0 aromatic carbocycles. The molecule has 0 atom stereocenters. The second-order valence-electron chi connectivity index (χ2n) is 2.43. The zero-order valence-electron chi connectivity index (χ0n) is 6.64. The number of hydrogen-bond acceptors (Lipinski definition) is 4. The fourth-order valence-corrected chi connectivity index (χ4v) is 1.31. The van der Waals surface area contributed by atoms with E-state index in [9.17, 15) is 8.42 Å². The van der Waals surface area contributed by atoms with Crippen molar-refractivity contribution in [2.24, 2.45) is 0 Å². The third kappa shape index (κ3) is 2.05. The lowest BCUT2D eigenvalue weighted by atomic mass is 10.7. The van der Waals surface area contributed by atoms with Crippen molar-refractivity contribution in [3.05, 3.63) is 12.4 Å². The van der Waals surface area contributed by atoms with Crippen LogP contribution in [-0.4, -0.2) is 36.2 Å². The van der Waals surface area contributed by atoms with Gasteiger partial charge in [-0.15, -0.1) is 0 Å². The monoisotopic (exact) mass is 190 g/mol. The molecule has 0 saturated carbocycles. The number of nitrogens with zero attached hydrogens (tertiary/aromatic N) is 2. The Morgan fingerprint density at radius 2 is 2.33 bits per heavy atom. The summed E-state index contributed by atoms with van der Waals surface area (Å²) in [6.45, 7) is 0.264. The largest absolute Gasteiger partial charge is 0.394 e. The highest BCUT2D eigenvalue weighted by atomic mass is 32.2. The van der Waals surface area contributed by atoms with Gasteiger partial charge in [-0.2, -0.15) is 5.10 Å². The Balaban J connectivity index is 2.92. The van der Waals surface area contributed by atoms with Gasteiger partial charge in [-0.25, -0.2) is 8.42 Å². The molecule has 0 amide bonds. The molecule has 1 aromatic heterocycles. The predicted octanol–water partition coefficient (Wildman–Crippen LogP) is -0.721. The molecule has 0 saturated heterocycles. The molecule has 0 aliphatic rings. The van der Waals surface area contributed by atoms with Crippen LogP contribution in [-0.2, 0) is 16.4 Å². The van der Waals surface area contributed by atoms with Gasteiger partial charge in [0.25, 0.3) is 0 Å². The van der Waals surface area contributed by atoms with Gasteiger partial charge >= 0.3 is 0 Å². The van der Waals surface area contributed by atoms with Gasteiger partial charge in [0.1, 0.15) is 4.90 Å². The van der Waals surface area contributed by atoms with Crippen molar-refractivity contribution < 1.29 is 13.5 Å². The Bertz CT molecular complexity index is 355. The minimum atomic E-state index is -3.17. The predicted molar refractivity (Wildman–Crippen MR) is 42.4 cm³/mol. The summed E-state index contributed by atoms with van der Waals surface area (Å²) in [7, 11) is -3.17. The van der Waals surface area contributed by atoms with E-state index in [4.69, 9.17) is 5.11 Å². The molecule has 0 bridgehead atoms. The summed E-state index contributed by atoms with van der Waals surface area (Å²) in [6, 6.07) is 0. The van der Waals surface area contributed by atoms with Crippen molar-refractivity contribution in [1.82, 2.24) is 9.78 Å². The average molecular weight is 190 g/mol. The first-order valence-corrected chi connectivity index (χ1v) is 5.26. The normalized spacial score (nSPS) is 11.8. The van der Waals surface area contributed by atoms with E-state index in [-0.39, 0.29) is 11.5 Å². The van der Waals surface area contributed by atoms with Crippen LogP contribution >= 0.6 is 0 Å². The fraction of sp³-hybridized carbons (Fsp3) is 0.500.